The fourth-order valence-corrected chi connectivity index (χ4v) is 13.3. The van der Waals surface area contributed by atoms with Crippen molar-refractivity contribution in [3.63, 3.8) is 0 Å². The lowest BCUT2D eigenvalue weighted by Gasteiger charge is -2.57. The molecule has 2 atom stereocenters. The Morgan fingerprint density at radius 1 is 0.407 bits per heavy atom. The summed E-state index contributed by atoms with van der Waals surface area (Å²) in [5.41, 5.74) is 2.50. The molecule has 2 unspecified atom stereocenters. The number of benzene rings is 2. The molecule has 2 aromatic rings. The number of ether oxygens (including phenoxy) is 1. The van der Waals surface area contributed by atoms with Crippen LogP contribution in [0.4, 0.5) is 0 Å². The van der Waals surface area contributed by atoms with Crippen LogP contribution < -0.4 is 0 Å². The van der Waals surface area contributed by atoms with Crippen LogP contribution in [0.5, 0.6) is 0 Å². The molecule has 2 aliphatic carbocycles. The second-order valence-corrected chi connectivity index (χ2v) is 39.0. The minimum atomic E-state index is -1.40. The van der Waals surface area contributed by atoms with Crippen molar-refractivity contribution >= 4 is 442 Å². The first-order chi connectivity index (χ1) is 40.0. The Kier molecular flexibility index (Phi) is 50.3. The fourth-order valence-electron chi connectivity index (χ4n) is 12.5. The Bertz CT molecular complexity index is 1780. The number of aliphatic hydroxyl groups is 1. The van der Waals surface area contributed by atoms with Gasteiger partial charge in [0.1, 0.15) is 4.03 Å². The highest BCUT2D eigenvalue weighted by Gasteiger charge is 2.61. The van der Waals surface area contributed by atoms with Crippen LogP contribution in [0.2, 0.25) is 0 Å². The lowest BCUT2D eigenvalue weighted by atomic mass is 8.24. The number of alkyl halides is 1. The number of halogens is 4. The zero-order valence-electron chi connectivity index (χ0n) is 50.2. The summed E-state index contributed by atoms with van der Waals surface area (Å²) in [6.45, 7) is 5.67. The summed E-state index contributed by atoms with van der Waals surface area (Å²) < 4.78 is 4.65. The zero-order valence-corrected chi connectivity index (χ0v) is 57.4. The zero-order chi connectivity index (χ0) is 66.6. The summed E-state index contributed by atoms with van der Waals surface area (Å²) >= 11 is 13.3. The van der Waals surface area contributed by atoms with Crippen molar-refractivity contribution in [1.82, 2.24) is 0 Å². The lowest BCUT2D eigenvalue weighted by Crippen LogP contribution is -2.95. The Hall–Kier alpha value is 4.15. The van der Waals surface area contributed by atoms with Gasteiger partial charge < -0.3 is 9.84 Å². The third-order valence-corrected chi connectivity index (χ3v) is 18.0. The first kappa shape index (κ1) is 90.2. The van der Waals surface area contributed by atoms with Crippen molar-refractivity contribution in [1.29, 1.82) is 0 Å². The average molecular weight is 1310 g/mol. The Balaban J connectivity index is 0.00000171. The number of rotatable bonds is 31. The van der Waals surface area contributed by atoms with Gasteiger partial charge in [0.15, 0.2) is 0 Å². The van der Waals surface area contributed by atoms with E-state index in [1.807, 2.05) is 44.2 Å². The molecule has 86 heavy (non-hydrogen) atoms. The second kappa shape index (κ2) is 48.0. The van der Waals surface area contributed by atoms with E-state index in [1.165, 1.54) is 51.1 Å². The third kappa shape index (κ3) is 30.5. The van der Waals surface area contributed by atoms with Crippen LogP contribution in [0.25, 0.3) is 0 Å². The number of hydrogen-bond donors (Lipinski definition) is 1. The molecule has 55 radical (unpaired) electrons. The van der Waals surface area contributed by atoms with Gasteiger partial charge in [0.2, 0.25) is 0 Å². The molecule has 60 heteroatoms. The lowest BCUT2D eigenvalue weighted by molar-refractivity contribution is 0.0621. The van der Waals surface area contributed by atoms with E-state index in [-0.39, 0.29) is 10.1 Å². The first-order valence-electron chi connectivity index (χ1n) is 29.0. The summed E-state index contributed by atoms with van der Waals surface area (Å²) in [5, 5.41) is 9.84. The topological polar surface area (TPSA) is 29.5 Å². The van der Waals surface area contributed by atoms with E-state index in [9.17, 15) is 5.11 Å². The van der Waals surface area contributed by atoms with E-state index in [4.69, 9.17) is 214 Å². The molecule has 2 aromatic carbocycles. The van der Waals surface area contributed by atoms with Crippen molar-refractivity contribution < 1.29 is 9.84 Å². The van der Waals surface area contributed by atoms with Gasteiger partial charge in [0, 0.05) is 394 Å². The second-order valence-electron chi connectivity index (χ2n) is 22.6. The van der Waals surface area contributed by atoms with Gasteiger partial charge in [0.05, 0.1) is 6.10 Å². The highest BCUT2D eigenvalue weighted by atomic mass is 80.0. The molecule has 4 rings (SSSR count). The predicted octanol–water partition coefficient (Wildman–Crippen LogP) is -9.30. The molecule has 0 aliphatic heterocycles. The largest absolute Gasteiger partial charge is 0.388 e. The fraction of sp³-hybridized carbons (Fsp3) is 0.538. The molecule has 0 heterocycles. The molecule has 2 nitrogen and oxygen atoms in total. The van der Waals surface area contributed by atoms with Gasteiger partial charge in [0.25, 0.3) is 0 Å². The Morgan fingerprint density at radius 3 is 0.837 bits per heavy atom. The maximum Gasteiger partial charge on any atom is 0.103 e. The smallest absolute Gasteiger partial charge is 0.103 e. The van der Waals surface area contributed by atoms with Crippen LogP contribution in [0.15, 0.2) is 60.7 Å². The van der Waals surface area contributed by atoms with Gasteiger partial charge in [-0.15, -0.1) is 0 Å². The monoisotopic (exact) mass is 1310 g/mol. The van der Waals surface area contributed by atoms with Crippen molar-refractivity contribution in [2.24, 2.45) is 11.8 Å². The molecule has 0 bridgehead atoms. The molecule has 1 N–H and O–H groups in total. The summed E-state index contributed by atoms with van der Waals surface area (Å²) in [5.74, 6) is 1.40. The summed E-state index contributed by atoms with van der Waals surface area (Å²) in [6, 6.07) is 20.7. The van der Waals surface area contributed by atoms with Crippen molar-refractivity contribution in [2.75, 3.05) is 13.2 Å². The van der Waals surface area contributed by atoms with Crippen LogP contribution >= 0.6 is 66.4 Å². The number of hydrogen-bond acceptors (Lipinski definition) is 2. The van der Waals surface area contributed by atoms with Crippen molar-refractivity contribution in [3.8, 4) is 0 Å². The van der Waals surface area contributed by atoms with Gasteiger partial charge in [-0.2, -0.15) is 0 Å². The van der Waals surface area contributed by atoms with Gasteiger partial charge >= 0.3 is 0 Å². The summed E-state index contributed by atoms with van der Waals surface area (Å²) in [4.78, 5) is 0.590. The van der Waals surface area contributed by atoms with Crippen LogP contribution in [-0.4, -0.2) is 394 Å². The van der Waals surface area contributed by atoms with E-state index in [1.54, 1.807) is 0 Å². The van der Waals surface area contributed by atoms with E-state index in [0.717, 1.165) is 24.7 Å². The highest BCUT2D eigenvalue weighted by molar-refractivity contribution is 9.93. The molecular weight excluding hydrogens is 1270 g/mol. The van der Waals surface area contributed by atoms with Crippen LogP contribution in [0.1, 0.15) is 74.4 Å². The molecule has 0 spiro atoms. The highest BCUT2D eigenvalue weighted by Crippen LogP contribution is 2.59. The summed E-state index contributed by atoms with van der Waals surface area (Å²) in [6.07, 6.45) is -25.0. The number of aliphatic hydroxyl groups excluding tert-OH is 1. The molecule has 2 fully saturated rings. The summed E-state index contributed by atoms with van der Waals surface area (Å²) in [7, 11) is 176. The van der Waals surface area contributed by atoms with Crippen molar-refractivity contribution in [2.45, 2.75) is 63.3 Å². The molecule has 2 saturated carbocycles. The van der Waals surface area contributed by atoms with Crippen LogP contribution in [0, 0.1) is 11.8 Å². The molecule has 0 amide bonds. The van der Waals surface area contributed by atoms with Gasteiger partial charge in [-0.25, -0.2) is 0 Å². The minimum Gasteiger partial charge on any atom is -0.388 e. The van der Waals surface area contributed by atoms with Gasteiger partial charge in [-0.05, 0) is 109 Å². The van der Waals surface area contributed by atoms with Gasteiger partial charge in [-0.3, -0.25) is 0 Å². The Labute approximate surface area is 605 Å². The molecule has 0 aromatic heterocycles. The van der Waals surface area contributed by atoms with E-state index >= 15 is 0 Å². The van der Waals surface area contributed by atoms with E-state index in [0.29, 0.717) is 10.7 Å². The first-order valence-corrected chi connectivity index (χ1v) is 37.3. The Morgan fingerprint density at radius 2 is 0.640 bits per heavy atom. The SMILES string of the molecule is BrC(c1ccccc1)C1CCC1.BrP(Br)Br.CCOCC.OC(c1ccccc1)C1CCC1.[B][B]B(B([B])[B])B(B(B([B])[B])B([B])[B])B(B(B([B])[B])B([B])[B])B(B(B(B([B])[B])B([B])[B])B(B([B])[B])B([B])[B])B(B(B([B])[B])B([B])[B])B(B([B])[B])B([B])[B]. The van der Waals surface area contributed by atoms with Crippen LogP contribution in [-0.2, 0) is 4.74 Å². The minimum absolute atomic E-state index is 0.183. The normalized spacial score (nSPS) is 12.5. The molecular formula is C26H37B53Br4O2P. The third-order valence-electron chi connectivity index (χ3n) is 16.7. The van der Waals surface area contributed by atoms with Crippen LogP contribution in [0.3, 0.4) is 0 Å². The molecule has 345 valence electrons. The predicted molar refractivity (Wildman–Crippen MR) is 465 cm³/mol. The standard InChI is InChI=1S/C11H13Br.C11H14O.C4H10O.B53.Br3P/c2*12-11(10-7-4-8-10)9-5-2-1-3-6-9;1-3-5-4-2;1-28-42(29(2)3)49(43(30(4)5)31(6)7)52(48(40(24)25)41(26)27)53(50(44(32(8)9)33(10)11)45(34(12)13)35(14)15)51(46(36(16)17)37(18)19)47(38(20)21)39(22)23;1-4(2)3/h1-3,5-6,10-11H,4,7-8H2;1-3,5-6,10-12H,4,7-8H2;3-4H2,1-2H3;;. The maximum absolute atomic E-state index is 9.84. The molecule has 0 saturated heterocycles. The van der Waals surface area contributed by atoms with E-state index in [2.05, 4.69) is 92.7 Å². The van der Waals surface area contributed by atoms with Gasteiger partial charge in [-0.1, -0.05) is 89.4 Å². The maximum atomic E-state index is 9.84. The van der Waals surface area contributed by atoms with Crippen molar-refractivity contribution in [3.05, 3.63) is 71.8 Å². The quantitative estimate of drug-likeness (QED) is 0.0463. The average Bonchev–Trinajstić information content (AvgIpc) is 0.928. The van der Waals surface area contributed by atoms with E-state index < -0.39 is 160 Å². The molecule has 2 aliphatic rings.